The molecule has 0 aromatic carbocycles. The van der Waals surface area contributed by atoms with Gasteiger partial charge in [-0.15, -0.1) is 0 Å². The molecule has 1 amide bonds. The Bertz CT molecular complexity index is 741. The van der Waals surface area contributed by atoms with Crippen LogP contribution in [0.4, 0.5) is 10.6 Å². The summed E-state index contributed by atoms with van der Waals surface area (Å²) in [7, 11) is 0. The first-order chi connectivity index (χ1) is 12.2. The maximum Gasteiger partial charge on any atom is 0.407 e. The number of amides is 1. The lowest BCUT2D eigenvalue weighted by Gasteiger charge is -2.27. The highest BCUT2D eigenvalue weighted by Crippen LogP contribution is 2.28. The van der Waals surface area contributed by atoms with Gasteiger partial charge in [0.2, 0.25) is 11.7 Å². The van der Waals surface area contributed by atoms with E-state index in [-0.39, 0.29) is 5.92 Å². The molecule has 9 heteroatoms. The number of aromatic nitrogens is 3. The fraction of sp³-hybridized carbons (Fsp3) is 0.500. The normalized spacial score (nSPS) is 20.9. The molecule has 2 aliphatic heterocycles. The molecular weight excluding hydrogens is 326 g/mol. The molecule has 0 spiro atoms. The van der Waals surface area contributed by atoms with Gasteiger partial charge in [0, 0.05) is 37.9 Å². The van der Waals surface area contributed by atoms with Crippen molar-refractivity contribution in [1.29, 1.82) is 0 Å². The zero-order valence-electron chi connectivity index (χ0n) is 13.7. The largest absolute Gasteiger partial charge is 0.465 e. The molecule has 0 radical (unpaired) electrons. The summed E-state index contributed by atoms with van der Waals surface area (Å²) in [6.45, 7) is 3.98. The van der Waals surface area contributed by atoms with Gasteiger partial charge in [0.05, 0.1) is 19.1 Å². The number of hydrogen-bond donors (Lipinski definition) is 1. The van der Waals surface area contributed by atoms with Crippen LogP contribution < -0.4 is 4.90 Å². The monoisotopic (exact) mass is 345 g/mol. The lowest BCUT2D eigenvalue weighted by Crippen LogP contribution is -2.36. The summed E-state index contributed by atoms with van der Waals surface area (Å²) in [5.74, 6) is 1.82. The summed E-state index contributed by atoms with van der Waals surface area (Å²) < 4.78 is 10.7. The maximum absolute atomic E-state index is 11.0. The van der Waals surface area contributed by atoms with Crippen LogP contribution in [0.25, 0.3) is 11.4 Å². The number of hydrogen-bond acceptors (Lipinski definition) is 7. The number of pyridine rings is 1. The molecule has 4 rings (SSSR count). The van der Waals surface area contributed by atoms with Gasteiger partial charge < -0.3 is 24.2 Å². The summed E-state index contributed by atoms with van der Waals surface area (Å²) in [6, 6.07) is 3.86. The quantitative estimate of drug-likeness (QED) is 0.891. The fourth-order valence-corrected chi connectivity index (χ4v) is 3.15. The molecule has 2 aromatic heterocycles. The molecule has 0 saturated carbocycles. The van der Waals surface area contributed by atoms with Crippen LogP contribution >= 0.6 is 0 Å². The van der Waals surface area contributed by atoms with Gasteiger partial charge in [-0.3, -0.25) is 0 Å². The van der Waals surface area contributed by atoms with Crippen molar-refractivity contribution in [2.75, 3.05) is 44.3 Å². The van der Waals surface area contributed by atoms with Gasteiger partial charge >= 0.3 is 6.09 Å². The summed E-state index contributed by atoms with van der Waals surface area (Å²) in [5, 5.41) is 13.1. The van der Waals surface area contributed by atoms with E-state index in [1.807, 2.05) is 12.1 Å². The van der Waals surface area contributed by atoms with E-state index in [9.17, 15) is 4.79 Å². The standard InChI is InChI=1S/C16H19N5O4/c22-16(23)21-4-3-12(10-21)15-18-14(19-25-15)11-1-2-13(17-9-11)20-5-7-24-8-6-20/h1-2,9,12H,3-8,10H2,(H,22,23)/t12-/m1/s1. The van der Waals surface area contributed by atoms with Crippen molar-refractivity contribution < 1.29 is 19.2 Å². The predicted molar refractivity (Wildman–Crippen MR) is 87.5 cm³/mol. The molecule has 132 valence electrons. The Balaban J connectivity index is 1.46. The van der Waals surface area contributed by atoms with Gasteiger partial charge in [0.25, 0.3) is 0 Å². The predicted octanol–water partition coefficient (Wildman–Crippen LogP) is 1.44. The molecule has 2 saturated heterocycles. The molecule has 2 aromatic rings. The van der Waals surface area contributed by atoms with E-state index in [1.54, 1.807) is 6.20 Å². The molecule has 0 aliphatic carbocycles. The van der Waals surface area contributed by atoms with Crippen LogP contribution in [0.5, 0.6) is 0 Å². The summed E-state index contributed by atoms with van der Waals surface area (Å²) in [4.78, 5) is 23.5. The topological polar surface area (TPSA) is 105 Å². The van der Waals surface area contributed by atoms with E-state index in [1.165, 1.54) is 4.90 Å². The molecule has 2 aliphatic rings. The van der Waals surface area contributed by atoms with Crippen molar-refractivity contribution in [3.63, 3.8) is 0 Å². The highest BCUT2D eigenvalue weighted by atomic mass is 16.5. The minimum absolute atomic E-state index is 0.0436. The summed E-state index contributed by atoms with van der Waals surface area (Å²) in [6.07, 6.45) is 1.52. The SMILES string of the molecule is O=C(O)N1CC[C@@H](c2nc(-c3ccc(N4CCOCC4)nc3)no2)C1. The first kappa shape index (κ1) is 15.8. The number of likely N-dealkylation sites (tertiary alicyclic amines) is 1. The first-order valence-electron chi connectivity index (χ1n) is 8.31. The van der Waals surface area contributed by atoms with Gasteiger partial charge in [-0.05, 0) is 18.6 Å². The van der Waals surface area contributed by atoms with Gasteiger partial charge in [-0.2, -0.15) is 4.98 Å². The zero-order valence-corrected chi connectivity index (χ0v) is 13.7. The van der Waals surface area contributed by atoms with Gasteiger partial charge in [-0.1, -0.05) is 5.16 Å². The highest BCUT2D eigenvalue weighted by molar-refractivity contribution is 5.65. The van der Waals surface area contributed by atoms with E-state index < -0.39 is 6.09 Å². The summed E-state index contributed by atoms with van der Waals surface area (Å²) >= 11 is 0. The van der Waals surface area contributed by atoms with Gasteiger partial charge in [-0.25, -0.2) is 9.78 Å². The summed E-state index contributed by atoms with van der Waals surface area (Å²) in [5.41, 5.74) is 0.778. The molecule has 9 nitrogen and oxygen atoms in total. The van der Waals surface area contributed by atoms with E-state index in [2.05, 4.69) is 20.0 Å². The van der Waals surface area contributed by atoms with Crippen molar-refractivity contribution in [1.82, 2.24) is 20.0 Å². The van der Waals surface area contributed by atoms with Crippen LogP contribution in [0.1, 0.15) is 18.2 Å². The Hall–Kier alpha value is -2.68. The molecular formula is C16H19N5O4. The third-order valence-corrected chi connectivity index (χ3v) is 4.59. The van der Waals surface area contributed by atoms with E-state index >= 15 is 0 Å². The Morgan fingerprint density at radius 3 is 2.76 bits per heavy atom. The van der Waals surface area contributed by atoms with Crippen LogP contribution in [-0.4, -0.2) is 70.6 Å². The molecule has 0 bridgehead atoms. The maximum atomic E-state index is 11.0. The van der Waals surface area contributed by atoms with Gasteiger partial charge in [0.15, 0.2) is 0 Å². The number of morpholine rings is 1. The average Bonchev–Trinajstić information content (AvgIpc) is 3.32. The number of carboxylic acid groups (broad SMARTS) is 1. The first-order valence-corrected chi connectivity index (χ1v) is 8.31. The average molecular weight is 345 g/mol. The van der Waals surface area contributed by atoms with Crippen LogP contribution in [0.3, 0.4) is 0 Å². The second-order valence-corrected chi connectivity index (χ2v) is 6.17. The fourth-order valence-electron chi connectivity index (χ4n) is 3.15. The van der Waals surface area contributed by atoms with Crippen molar-refractivity contribution in [2.45, 2.75) is 12.3 Å². The molecule has 4 heterocycles. The number of carbonyl (C=O) groups is 1. The number of rotatable bonds is 3. The second kappa shape index (κ2) is 6.67. The minimum Gasteiger partial charge on any atom is -0.465 e. The minimum atomic E-state index is -0.912. The number of ether oxygens (including phenoxy) is 1. The van der Waals surface area contributed by atoms with Crippen LogP contribution in [0.15, 0.2) is 22.9 Å². The Labute approximate surface area is 144 Å². The second-order valence-electron chi connectivity index (χ2n) is 6.17. The Kier molecular flexibility index (Phi) is 4.22. The molecule has 1 atom stereocenters. The van der Waals surface area contributed by atoms with Crippen LogP contribution in [0.2, 0.25) is 0 Å². The van der Waals surface area contributed by atoms with Crippen molar-refractivity contribution >= 4 is 11.9 Å². The lowest BCUT2D eigenvalue weighted by molar-refractivity contribution is 0.122. The van der Waals surface area contributed by atoms with Crippen molar-refractivity contribution in [2.24, 2.45) is 0 Å². The highest BCUT2D eigenvalue weighted by Gasteiger charge is 2.31. The smallest absolute Gasteiger partial charge is 0.407 e. The Morgan fingerprint density at radius 1 is 1.24 bits per heavy atom. The van der Waals surface area contributed by atoms with E-state index in [0.29, 0.717) is 44.4 Å². The molecule has 2 fully saturated rings. The van der Waals surface area contributed by atoms with Crippen LogP contribution in [0, 0.1) is 0 Å². The Morgan fingerprint density at radius 2 is 2.08 bits per heavy atom. The zero-order chi connectivity index (χ0) is 17.2. The lowest BCUT2D eigenvalue weighted by atomic mass is 10.1. The van der Waals surface area contributed by atoms with Crippen LogP contribution in [-0.2, 0) is 4.74 Å². The van der Waals surface area contributed by atoms with E-state index in [4.69, 9.17) is 14.4 Å². The van der Waals surface area contributed by atoms with Crippen molar-refractivity contribution in [3.8, 4) is 11.4 Å². The number of anilines is 1. The van der Waals surface area contributed by atoms with E-state index in [0.717, 1.165) is 24.5 Å². The van der Waals surface area contributed by atoms with Gasteiger partial charge in [0.1, 0.15) is 5.82 Å². The molecule has 0 unspecified atom stereocenters. The molecule has 1 N–H and O–H groups in total. The molecule has 25 heavy (non-hydrogen) atoms. The van der Waals surface area contributed by atoms with Crippen molar-refractivity contribution in [3.05, 3.63) is 24.2 Å². The number of nitrogens with zero attached hydrogens (tertiary/aromatic N) is 5. The third kappa shape index (κ3) is 3.27. The third-order valence-electron chi connectivity index (χ3n) is 4.59.